The summed E-state index contributed by atoms with van der Waals surface area (Å²) in [5.74, 6) is 0. The van der Waals surface area contributed by atoms with Crippen molar-refractivity contribution in [1.82, 2.24) is 4.72 Å². The number of benzene rings is 2. The molecule has 2 aromatic carbocycles. The average Bonchev–Trinajstić information content (AvgIpc) is 2.49. The summed E-state index contributed by atoms with van der Waals surface area (Å²) < 4.78 is 26.5. The lowest BCUT2D eigenvalue weighted by Gasteiger charge is -2.23. The summed E-state index contributed by atoms with van der Waals surface area (Å²) >= 11 is 0. The molecule has 21 heavy (non-hydrogen) atoms. The van der Waals surface area contributed by atoms with Gasteiger partial charge in [-0.15, -0.1) is 0 Å². The van der Waals surface area contributed by atoms with Gasteiger partial charge in [0.1, 0.15) is 4.90 Å². The maximum absolute atomic E-state index is 12.1. The Morgan fingerprint density at radius 3 is 2.38 bits per heavy atom. The van der Waals surface area contributed by atoms with Gasteiger partial charge < -0.3 is 10.6 Å². The fraction of sp³-hybridized carbons (Fsp3) is 0.200. The fourth-order valence-electron chi connectivity index (χ4n) is 2.13. The van der Waals surface area contributed by atoms with Gasteiger partial charge >= 0.3 is 0 Å². The molecule has 112 valence electrons. The molecule has 0 amide bonds. The van der Waals surface area contributed by atoms with E-state index in [9.17, 15) is 8.42 Å². The lowest BCUT2D eigenvalue weighted by molar-refractivity contribution is 0.588. The molecule has 3 N–H and O–H groups in total. The van der Waals surface area contributed by atoms with E-state index in [0.717, 1.165) is 5.56 Å². The van der Waals surface area contributed by atoms with Crippen LogP contribution in [0.4, 0.5) is 11.4 Å². The van der Waals surface area contributed by atoms with Gasteiger partial charge in [-0.1, -0.05) is 30.3 Å². The molecule has 0 unspecified atom stereocenters. The van der Waals surface area contributed by atoms with Crippen molar-refractivity contribution in [2.45, 2.75) is 11.4 Å². The van der Waals surface area contributed by atoms with Gasteiger partial charge in [-0.2, -0.15) is 0 Å². The number of nitrogens with zero attached hydrogens (tertiary/aromatic N) is 1. The molecule has 0 spiro atoms. The predicted octanol–water partition coefficient (Wildman–Crippen LogP) is 1.81. The van der Waals surface area contributed by atoms with Gasteiger partial charge in [0.25, 0.3) is 0 Å². The highest BCUT2D eigenvalue weighted by molar-refractivity contribution is 7.89. The zero-order valence-electron chi connectivity index (χ0n) is 12.1. The highest BCUT2D eigenvalue weighted by Crippen LogP contribution is 2.26. The van der Waals surface area contributed by atoms with E-state index in [-0.39, 0.29) is 4.90 Å². The van der Waals surface area contributed by atoms with Crippen LogP contribution in [-0.4, -0.2) is 22.5 Å². The van der Waals surface area contributed by atoms with E-state index in [1.807, 2.05) is 42.3 Å². The lowest BCUT2D eigenvalue weighted by atomic mass is 10.1. The van der Waals surface area contributed by atoms with Crippen molar-refractivity contribution in [2.24, 2.45) is 0 Å². The maximum Gasteiger partial charge on any atom is 0.242 e. The molecule has 0 saturated heterocycles. The molecule has 2 aromatic rings. The van der Waals surface area contributed by atoms with Gasteiger partial charge in [-0.05, 0) is 30.8 Å². The second-order valence-electron chi connectivity index (χ2n) is 4.73. The van der Waals surface area contributed by atoms with Crippen molar-refractivity contribution in [3.05, 3.63) is 54.1 Å². The van der Waals surface area contributed by atoms with Crippen molar-refractivity contribution in [1.29, 1.82) is 0 Å². The van der Waals surface area contributed by atoms with Gasteiger partial charge in [0.2, 0.25) is 10.0 Å². The maximum atomic E-state index is 12.1. The van der Waals surface area contributed by atoms with Gasteiger partial charge in [0.05, 0.1) is 5.69 Å². The van der Waals surface area contributed by atoms with Crippen LogP contribution >= 0.6 is 0 Å². The van der Waals surface area contributed by atoms with Crippen LogP contribution in [0.1, 0.15) is 5.56 Å². The van der Waals surface area contributed by atoms with Crippen molar-refractivity contribution in [2.75, 3.05) is 24.7 Å². The third kappa shape index (κ3) is 3.34. The first-order valence-corrected chi connectivity index (χ1v) is 8.01. The van der Waals surface area contributed by atoms with E-state index in [1.54, 1.807) is 18.2 Å². The zero-order chi connectivity index (χ0) is 15.5. The molecule has 0 atom stereocenters. The van der Waals surface area contributed by atoms with E-state index in [2.05, 4.69) is 4.72 Å². The summed E-state index contributed by atoms with van der Waals surface area (Å²) in [6.45, 7) is 0.531. The molecular weight excluding hydrogens is 286 g/mol. The monoisotopic (exact) mass is 305 g/mol. The normalized spacial score (nSPS) is 11.3. The Balaban J connectivity index is 2.37. The zero-order valence-corrected chi connectivity index (χ0v) is 12.9. The van der Waals surface area contributed by atoms with Crippen LogP contribution < -0.4 is 15.4 Å². The Labute approximate surface area is 125 Å². The highest BCUT2D eigenvalue weighted by atomic mass is 32.2. The summed E-state index contributed by atoms with van der Waals surface area (Å²) in [4.78, 5) is 2.13. The second-order valence-corrected chi connectivity index (χ2v) is 6.59. The Hall–Kier alpha value is -2.05. The van der Waals surface area contributed by atoms with Crippen LogP contribution in [0, 0.1) is 0 Å². The van der Waals surface area contributed by atoms with Gasteiger partial charge in [0.15, 0.2) is 0 Å². The lowest BCUT2D eigenvalue weighted by Crippen LogP contribution is -2.24. The van der Waals surface area contributed by atoms with Crippen molar-refractivity contribution < 1.29 is 8.42 Å². The topological polar surface area (TPSA) is 75.4 Å². The largest absolute Gasteiger partial charge is 0.398 e. The quantitative estimate of drug-likeness (QED) is 0.826. The van der Waals surface area contributed by atoms with Crippen molar-refractivity contribution in [3.8, 4) is 0 Å². The first-order valence-electron chi connectivity index (χ1n) is 6.53. The molecule has 0 heterocycles. The van der Waals surface area contributed by atoms with Gasteiger partial charge in [-0.3, -0.25) is 0 Å². The molecule has 0 bridgehead atoms. The number of rotatable bonds is 5. The van der Waals surface area contributed by atoms with Crippen LogP contribution in [0.5, 0.6) is 0 Å². The first-order chi connectivity index (χ1) is 9.95. The molecule has 2 rings (SSSR count). The minimum Gasteiger partial charge on any atom is -0.398 e. The number of hydrogen-bond donors (Lipinski definition) is 2. The molecule has 0 fully saturated rings. The average molecular weight is 305 g/mol. The third-order valence-corrected chi connectivity index (χ3v) is 4.76. The van der Waals surface area contributed by atoms with Crippen LogP contribution in [0.25, 0.3) is 0 Å². The fourth-order valence-corrected chi connectivity index (χ4v) is 3.11. The van der Waals surface area contributed by atoms with Crippen LogP contribution in [0.15, 0.2) is 53.4 Å². The van der Waals surface area contributed by atoms with E-state index >= 15 is 0 Å². The van der Waals surface area contributed by atoms with Crippen molar-refractivity contribution >= 4 is 21.4 Å². The van der Waals surface area contributed by atoms with E-state index in [4.69, 9.17) is 5.73 Å². The summed E-state index contributed by atoms with van der Waals surface area (Å²) in [5, 5.41) is 0. The molecule has 0 aliphatic heterocycles. The number of hydrogen-bond acceptors (Lipinski definition) is 4. The molecule has 0 aliphatic carbocycles. The standard InChI is InChI=1S/C15H19N3O2S/c1-17-21(19,20)15-10-6-5-9-14(15)18(2)11-12-7-3-4-8-13(12)16/h3-10,17H,11,16H2,1-2H3. The van der Waals surface area contributed by atoms with E-state index in [1.165, 1.54) is 7.05 Å². The Morgan fingerprint density at radius 1 is 1.10 bits per heavy atom. The van der Waals surface area contributed by atoms with Gasteiger partial charge in [-0.25, -0.2) is 13.1 Å². The van der Waals surface area contributed by atoms with E-state index < -0.39 is 10.0 Å². The predicted molar refractivity (Wildman–Crippen MR) is 85.6 cm³/mol. The number of nitrogens with two attached hydrogens (primary N) is 1. The number of sulfonamides is 1. The van der Waals surface area contributed by atoms with Crippen molar-refractivity contribution in [3.63, 3.8) is 0 Å². The number of nitrogen functional groups attached to an aromatic ring is 1. The molecule has 0 radical (unpaired) electrons. The van der Waals surface area contributed by atoms with Crippen LogP contribution in [-0.2, 0) is 16.6 Å². The van der Waals surface area contributed by atoms with Gasteiger partial charge in [0, 0.05) is 19.3 Å². The Morgan fingerprint density at radius 2 is 1.71 bits per heavy atom. The highest BCUT2D eigenvalue weighted by Gasteiger charge is 2.18. The first kappa shape index (κ1) is 15.3. The Bertz CT molecular complexity index is 729. The minimum atomic E-state index is -3.50. The summed E-state index contributed by atoms with van der Waals surface area (Å²) in [7, 11) is -0.251. The molecule has 6 heteroatoms. The molecule has 5 nitrogen and oxygen atoms in total. The molecular formula is C15H19N3O2S. The second kappa shape index (κ2) is 6.15. The van der Waals surface area contributed by atoms with Crippen LogP contribution in [0.3, 0.4) is 0 Å². The third-order valence-electron chi connectivity index (χ3n) is 3.30. The molecule has 0 aromatic heterocycles. The number of anilines is 2. The van der Waals surface area contributed by atoms with E-state index in [0.29, 0.717) is 17.9 Å². The SMILES string of the molecule is CNS(=O)(=O)c1ccccc1N(C)Cc1ccccc1N. The smallest absolute Gasteiger partial charge is 0.242 e. The number of para-hydroxylation sites is 2. The van der Waals surface area contributed by atoms with Crippen LogP contribution in [0.2, 0.25) is 0 Å². The Kier molecular flexibility index (Phi) is 4.50. The molecule has 0 aliphatic rings. The number of nitrogens with one attached hydrogen (secondary N) is 1. The molecule has 0 saturated carbocycles. The minimum absolute atomic E-state index is 0.254. The summed E-state index contributed by atoms with van der Waals surface area (Å²) in [6, 6.07) is 14.4. The summed E-state index contributed by atoms with van der Waals surface area (Å²) in [5.41, 5.74) is 8.22. The summed E-state index contributed by atoms with van der Waals surface area (Å²) in [6.07, 6.45) is 0.